The molecule has 0 aliphatic heterocycles. The number of nitrogens with one attached hydrogen (secondary N) is 1. The van der Waals surface area contributed by atoms with Crippen molar-refractivity contribution < 1.29 is 14.6 Å². The maximum Gasteiger partial charge on any atom is 0.245 e. The number of aliphatic hydroxyl groups excluding tert-OH is 1. The van der Waals surface area contributed by atoms with E-state index in [-0.39, 0.29) is 12.7 Å². The second-order valence-corrected chi connectivity index (χ2v) is 4.99. The molecule has 0 bridgehead atoms. The minimum Gasteiger partial charge on any atom is -0.473 e. The van der Waals surface area contributed by atoms with Crippen molar-refractivity contribution in [3.05, 3.63) is 6.20 Å². The third-order valence-corrected chi connectivity index (χ3v) is 3.60. The first-order chi connectivity index (χ1) is 8.79. The Bertz CT molecular complexity index is 336. The van der Waals surface area contributed by atoms with Gasteiger partial charge in [-0.15, -0.1) is 4.37 Å². The Hall–Kier alpha value is -0.760. The minimum atomic E-state index is -0.551. The van der Waals surface area contributed by atoms with Gasteiger partial charge in [-0.1, -0.05) is 0 Å². The van der Waals surface area contributed by atoms with Gasteiger partial charge >= 0.3 is 0 Å². The highest BCUT2D eigenvalue weighted by molar-refractivity contribution is 6.99. The SMILES string of the molecule is COC1CCCC1NCC(O)COc1cnsn1. The second-order valence-electron chi connectivity index (χ2n) is 4.43. The summed E-state index contributed by atoms with van der Waals surface area (Å²) < 4.78 is 18.4. The highest BCUT2D eigenvalue weighted by Crippen LogP contribution is 2.21. The average Bonchev–Trinajstić information content (AvgIpc) is 3.04. The molecule has 0 radical (unpaired) electrons. The lowest BCUT2D eigenvalue weighted by molar-refractivity contribution is 0.0681. The molecule has 1 aromatic heterocycles. The molecule has 0 saturated heterocycles. The Balaban J connectivity index is 1.63. The van der Waals surface area contributed by atoms with Gasteiger partial charge in [0.05, 0.1) is 17.8 Å². The van der Waals surface area contributed by atoms with E-state index in [4.69, 9.17) is 9.47 Å². The standard InChI is InChI=1S/C11H19N3O3S/c1-16-10-4-2-3-9(10)12-5-8(15)7-17-11-6-13-18-14-11/h6,8-10,12,15H,2-5,7H2,1H3. The Labute approximate surface area is 111 Å². The van der Waals surface area contributed by atoms with Gasteiger partial charge in [-0.05, 0) is 19.3 Å². The van der Waals surface area contributed by atoms with E-state index < -0.39 is 6.10 Å². The molecule has 1 aliphatic rings. The predicted molar refractivity (Wildman–Crippen MR) is 67.8 cm³/mol. The molecule has 2 rings (SSSR count). The van der Waals surface area contributed by atoms with Crippen molar-refractivity contribution in [2.24, 2.45) is 0 Å². The molecule has 1 aliphatic carbocycles. The van der Waals surface area contributed by atoms with Crippen molar-refractivity contribution in [1.29, 1.82) is 0 Å². The van der Waals surface area contributed by atoms with Crippen molar-refractivity contribution in [2.75, 3.05) is 20.3 Å². The van der Waals surface area contributed by atoms with Gasteiger partial charge in [0.1, 0.15) is 18.9 Å². The maximum absolute atomic E-state index is 9.79. The van der Waals surface area contributed by atoms with Gasteiger partial charge in [0.15, 0.2) is 0 Å². The number of rotatable bonds is 7. The van der Waals surface area contributed by atoms with Crippen LogP contribution in [0.4, 0.5) is 0 Å². The molecule has 2 N–H and O–H groups in total. The van der Waals surface area contributed by atoms with E-state index in [9.17, 15) is 5.11 Å². The molecule has 102 valence electrons. The maximum atomic E-state index is 9.79. The zero-order chi connectivity index (χ0) is 12.8. The molecule has 3 atom stereocenters. The predicted octanol–water partition coefficient (Wildman–Crippen LogP) is 0.435. The minimum absolute atomic E-state index is 0.225. The van der Waals surface area contributed by atoms with Crippen LogP contribution >= 0.6 is 11.7 Å². The first kappa shape index (κ1) is 13.7. The summed E-state index contributed by atoms with van der Waals surface area (Å²) in [7, 11) is 1.74. The summed E-state index contributed by atoms with van der Waals surface area (Å²) in [5.74, 6) is 0.467. The van der Waals surface area contributed by atoms with Crippen LogP contribution < -0.4 is 10.1 Å². The Morgan fingerprint density at radius 3 is 3.22 bits per heavy atom. The molecule has 0 spiro atoms. The van der Waals surface area contributed by atoms with E-state index in [1.165, 1.54) is 6.42 Å². The zero-order valence-corrected chi connectivity index (χ0v) is 11.2. The highest BCUT2D eigenvalue weighted by atomic mass is 32.1. The molecule has 6 nitrogen and oxygen atoms in total. The molecule has 3 unspecified atom stereocenters. The van der Waals surface area contributed by atoms with Crippen LogP contribution in [0.1, 0.15) is 19.3 Å². The Morgan fingerprint density at radius 2 is 2.50 bits per heavy atom. The van der Waals surface area contributed by atoms with Crippen LogP contribution in [0.25, 0.3) is 0 Å². The number of hydrogen-bond acceptors (Lipinski definition) is 7. The lowest BCUT2D eigenvalue weighted by Gasteiger charge is -2.21. The fourth-order valence-electron chi connectivity index (χ4n) is 2.19. The topological polar surface area (TPSA) is 76.5 Å². The number of methoxy groups -OCH3 is 1. The normalized spacial score (nSPS) is 25.2. The molecular formula is C11H19N3O3S. The lowest BCUT2D eigenvalue weighted by Crippen LogP contribution is -2.42. The summed E-state index contributed by atoms with van der Waals surface area (Å²) in [6.45, 7) is 0.727. The average molecular weight is 273 g/mol. The van der Waals surface area contributed by atoms with Gasteiger partial charge in [0.25, 0.3) is 0 Å². The molecule has 0 amide bonds. The summed E-state index contributed by atoms with van der Waals surface area (Å²) in [5, 5.41) is 13.1. The van der Waals surface area contributed by atoms with Crippen LogP contribution in [0.5, 0.6) is 5.88 Å². The number of aliphatic hydroxyl groups is 1. The highest BCUT2D eigenvalue weighted by Gasteiger charge is 2.26. The Kier molecular flexibility index (Phi) is 5.30. The second kappa shape index (κ2) is 6.98. The molecule has 1 aromatic rings. The largest absolute Gasteiger partial charge is 0.473 e. The molecule has 1 fully saturated rings. The number of nitrogens with zero attached hydrogens (tertiary/aromatic N) is 2. The fraction of sp³-hybridized carbons (Fsp3) is 0.818. The van der Waals surface area contributed by atoms with Crippen LogP contribution in [-0.4, -0.2) is 52.4 Å². The third kappa shape index (κ3) is 3.88. The molecule has 7 heteroatoms. The summed E-state index contributed by atoms with van der Waals surface area (Å²) in [6, 6.07) is 0.339. The van der Waals surface area contributed by atoms with E-state index in [1.807, 2.05) is 0 Å². The van der Waals surface area contributed by atoms with Gasteiger partial charge in [0.2, 0.25) is 5.88 Å². The molecule has 0 aromatic carbocycles. The molecular weight excluding hydrogens is 254 g/mol. The number of hydrogen-bond donors (Lipinski definition) is 2. The van der Waals surface area contributed by atoms with Crippen molar-refractivity contribution in [3.63, 3.8) is 0 Å². The van der Waals surface area contributed by atoms with Gasteiger partial charge in [0, 0.05) is 19.7 Å². The summed E-state index contributed by atoms with van der Waals surface area (Å²) in [5.41, 5.74) is 0. The first-order valence-electron chi connectivity index (χ1n) is 6.14. The van der Waals surface area contributed by atoms with E-state index in [0.29, 0.717) is 18.5 Å². The summed E-state index contributed by atoms with van der Waals surface area (Å²) in [6.07, 6.45) is 4.62. The van der Waals surface area contributed by atoms with E-state index in [2.05, 4.69) is 14.1 Å². The lowest BCUT2D eigenvalue weighted by atomic mass is 10.2. The summed E-state index contributed by atoms with van der Waals surface area (Å²) >= 11 is 1.09. The van der Waals surface area contributed by atoms with Gasteiger partial charge < -0.3 is 19.9 Å². The van der Waals surface area contributed by atoms with Crippen LogP contribution in [-0.2, 0) is 4.74 Å². The quantitative estimate of drug-likeness (QED) is 0.750. The van der Waals surface area contributed by atoms with Crippen LogP contribution in [0, 0.1) is 0 Å². The van der Waals surface area contributed by atoms with E-state index in [1.54, 1.807) is 13.3 Å². The third-order valence-electron chi connectivity index (χ3n) is 3.14. The van der Waals surface area contributed by atoms with Crippen molar-refractivity contribution in [1.82, 2.24) is 14.1 Å². The van der Waals surface area contributed by atoms with Crippen LogP contribution in [0.2, 0.25) is 0 Å². The number of ether oxygens (including phenoxy) is 2. The van der Waals surface area contributed by atoms with Crippen LogP contribution in [0.15, 0.2) is 6.20 Å². The fourth-order valence-corrected chi connectivity index (χ4v) is 2.55. The van der Waals surface area contributed by atoms with E-state index in [0.717, 1.165) is 24.6 Å². The van der Waals surface area contributed by atoms with Crippen LogP contribution in [0.3, 0.4) is 0 Å². The molecule has 18 heavy (non-hydrogen) atoms. The molecule has 1 saturated carbocycles. The smallest absolute Gasteiger partial charge is 0.245 e. The molecule has 1 heterocycles. The van der Waals surface area contributed by atoms with Gasteiger partial charge in [-0.2, -0.15) is 4.37 Å². The zero-order valence-electron chi connectivity index (χ0n) is 10.4. The first-order valence-corrected chi connectivity index (χ1v) is 6.87. The van der Waals surface area contributed by atoms with Crippen molar-refractivity contribution in [3.8, 4) is 5.88 Å². The van der Waals surface area contributed by atoms with Gasteiger partial charge in [-0.3, -0.25) is 0 Å². The van der Waals surface area contributed by atoms with Crippen molar-refractivity contribution >= 4 is 11.7 Å². The van der Waals surface area contributed by atoms with Crippen molar-refractivity contribution in [2.45, 2.75) is 37.5 Å². The number of aromatic nitrogens is 2. The Morgan fingerprint density at radius 1 is 1.61 bits per heavy atom. The monoisotopic (exact) mass is 273 g/mol. The van der Waals surface area contributed by atoms with Gasteiger partial charge in [-0.25, -0.2) is 0 Å². The summed E-state index contributed by atoms with van der Waals surface area (Å²) in [4.78, 5) is 0. The van der Waals surface area contributed by atoms with E-state index >= 15 is 0 Å².